The first-order valence-electron chi connectivity index (χ1n) is 6.66. The molecule has 7 heteroatoms. The summed E-state index contributed by atoms with van der Waals surface area (Å²) in [5, 5.41) is 14.6. The summed E-state index contributed by atoms with van der Waals surface area (Å²) >= 11 is 0. The number of nitrogens with one attached hydrogen (secondary N) is 1. The van der Waals surface area contributed by atoms with Gasteiger partial charge in [-0.25, -0.2) is 4.68 Å². The van der Waals surface area contributed by atoms with Crippen LogP contribution in [0.3, 0.4) is 0 Å². The number of tetrazole rings is 1. The highest BCUT2D eigenvalue weighted by molar-refractivity contribution is 5.91. The van der Waals surface area contributed by atoms with E-state index < -0.39 is 0 Å². The molecule has 0 unspecified atom stereocenters. The molecule has 1 aliphatic carbocycles. The molecule has 7 nitrogen and oxygen atoms in total. The number of benzene rings is 1. The van der Waals surface area contributed by atoms with Gasteiger partial charge in [0.25, 0.3) is 0 Å². The van der Waals surface area contributed by atoms with E-state index in [1.165, 1.54) is 0 Å². The number of rotatable bonds is 5. The molecule has 1 aliphatic rings. The number of amides is 1. The number of hydrogen-bond acceptors (Lipinski definition) is 5. The third-order valence-corrected chi connectivity index (χ3v) is 3.18. The number of carbonyl (C=O) groups is 1. The van der Waals surface area contributed by atoms with Gasteiger partial charge in [-0.05, 0) is 47.5 Å². The van der Waals surface area contributed by atoms with Crippen LogP contribution in [-0.4, -0.2) is 32.7 Å². The monoisotopic (exact) mass is 272 g/mol. The van der Waals surface area contributed by atoms with Gasteiger partial charge in [-0.3, -0.25) is 4.79 Å². The molecule has 3 N–H and O–H groups in total. The quantitative estimate of drug-likeness (QED) is 0.844. The Bertz CT molecular complexity index is 602. The van der Waals surface area contributed by atoms with Crippen LogP contribution in [0, 0.1) is 0 Å². The van der Waals surface area contributed by atoms with E-state index in [2.05, 4.69) is 20.8 Å². The molecule has 1 amide bonds. The summed E-state index contributed by atoms with van der Waals surface area (Å²) in [4.78, 5) is 11.5. The predicted octanol–water partition coefficient (Wildman–Crippen LogP) is 0.962. The molecular weight excluding hydrogens is 256 g/mol. The summed E-state index contributed by atoms with van der Waals surface area (Å²) in [5.74, 6) is 0.690. The second-order valence-corrected chi connectivity index (χ2v) is 4.84. The van der Waals surface area contributed by atoms with Crippen molar-refractivity contribution in [2.45, 2.75) is 25.3 Å². The Morgan fingerprint density at radius 2 is 2.10 bits per heavy atom. The lowest BCUT2D eigenvalue weighted by Gasteiger charge is -2.06. The molecule has 2 aromatic rings. The molecule has 0 atom stereocenters. The molecule has 20 heavy (non-hydrogen) atoms. The largest absolute Gasteiger partial charge is 0.330 e. The Kier molecular flexibility index (Phi) is 3.42. The Hall–Kier alpha value is -2.28. The van der Waals surface area contributed by atoms with Crippen LogP contribution in [0.15, 0.2) is 24.3 Å². The summed E-state index contributed by atoms with van der Waals surface area (Å²) in [6, 6.07) is 7.93. The number of aromatic nitrogens is 4. The highest BCUT2D eigenvalue weighted by Crippen LogP contribution is 2.36. The van der Waals surface area contributed by atoms with Crippen molar-refractivity contribution >= 4 is 11.6 Å². The Labute approximate surface area is 116 Å². The smallest absolute Gasteiger partial charge is 0.225 e. The van der Waals surface area contributed by atoms with Gasteiger partial charge in [-0.2, -0.15) is 0 Å². The maximum Gasteiger partial charge on any atom is 0.225 e. The topological polar surface area (TPSA) is 98.7 Å². The molecule has 3 rings (SSSR count). The second-order valence-electron chi connectivity index (χ2n) is 4.84. The first-order chi connectivity index (χ1) is 9.78. The van der Waals surface area contributed by atoms with E-state index in [0.29, 0.717) is 19.0 Å². The van der Waals surface area contributed by atoms with E-state index in [9.17, 15) is 4.79 Å². The fraction of sp³-hybridized carbons (Fsp3) is 0.385. The molecule has 0 radical (unpaired) electrons. The zero-order valence-electron chi connectivity index (χ0n) is 11.0. The van der Waals surface area contributed by atoms with E-state index in [0.717, 1.165) is 29.9 Å². The lowest BCUT2D eigenvalue weighted by Crippen LogP contribution is -2.16. The number of anilines is 1. The highest BCUT2D eigenvalue weighted by Gasteiger charge is 2.28. The zero-order chi connectivity index (χ0) is 13.9. The van der Waals surface area contributed by atoms with E-state index in [1.807, 2.05) is 28.9 Å². The molecular formula is C13H16N6O. The lowest BCUT2D eigenvalue weighted by atomic mass is 10.2. The van der Waals surface area contributed by atoms with Crippen LogP contribution < -0.4 is 11.1 Å². The van der Waals surface area contributed by atoms with E-state index >= 15 is 0 Å². The Balaban J connectivity index is 1.75. The fourth-order valence-electron chi connectivity index (χ4n) is 2.01. The van der Waals surface area contributed by atoms with Crippen LogP contribution in [0.5, 0.6) is 0 Å². The predicted molar refractivity (Wildman–Crippen MR) is 73.8 cm³/mol. The van der Waals surface area contributed by atoms with Crippen molar-refractivity contribution in [2.75, 3.05) is 11.9 Å². The van der Waals surface area contributed by atoms with Crippen LogP contribution in [0.4, 0.5) is 5.69 Å². The van der Waals surface area contributed by atoms with Gasteiger partial charge < -0.3 is 11.1 Å². The highest BCUT2D eigenvalue weighted by atomic mass is 16.1. The zero-order valence-corrected chi connectivity index (χ0v) is 11.0. The van der Waals surface area contributed by atoms with Gasteiger partial charge in [0.1, 0.15) is 0 Å². The number of hydrogen-bond donors (Lipinski definition) is 2. The van der Waals surface area contributed by atoms with E-state index in [4.69, 9.17) is 5.73 Å². The minimum Gasteiger partial charge on any atom is -0.330 e. The van der Waals surface area contributed by atoms with Crippen molar-refractivity contribution in [1.82, 2.24) is 20.2 Å². The van der Waals surface area contributed by atoms with E-state index in [1.54, 1.807) is 0 Å². The first-order valence-corrected chi connectivity index (χ1v) is 6.66. The number of nitrogens with zero attached hydrogens (tertiary/aromatic N) is 4. The SMILES string of the molecule is NCCC(=O)Nc1ccc(-c2nnnn2C2CC2)cc1. The average molecular weight is 272 g/mol. The van der Waals surface area contributed by atoms with Gasteiger partial charge in [-0.15, -0.1) is 5.10 Å². The van der Waals surface area contributed by atoms with Crippen LogP contribution in [0.2, 0.25) is 0 Å². The van der Waals surface area contributed by atoms with Gasteiger partial charge in [0.15, 0.2) is 5.82 Å². The van der Waals surface area contributed by atoms with Gasteiger partial charge in [-0.1, -0.05) is 0 Å². The molecule has 1 aromatic carbocycles. The summed E-state index contributed by atoms with van der Waals surface area (Å²) in [5.41, 5.74) is 7.03. The molecule has 104 valence electrons. The standard InChI is InChI=1S/C13H16N6O/c14-8-7-12(20)15-10-3-1-9(2-4-10)13-16-17-18-19(13)11-5-6-11/h1-4,11H,5-8,14H2,(H,15,20). The molecule has 1 aromatic heterocycles. The Morgan fingerprint density at radius 3 is 2.75 bits per heavy atom. The van der Waals surface area contributed by atoms with Gasteiger partial charge in [0.2, 0.25) is 5.91 Å². The van der Waals surface area contributed by atoms with Crippen molar-refractivity contribution < 1.29 is 4.79 Å². The molecule has 1 fully saturated rings. The average Bonchev–Trinajstić information content (AvgIpc) is 3.18. The summed E-state index contributed by atoms with van der Waals surface area (Å²) in [6.45, 7) is 0.347. The van der Waals surface area contributed by atoms with Crippen LogP contribution >= 0.6 is 0 Å². The normalized spacial score (nSPS) is 14.2. The van der Waals surface area contributed by atoms with Crippen LogP contribution in [-0.2, 0) is 4.79 Å². The first kappa shape index (κ1) is 12.7. The minimum absolute atomic E-state index is 0.0805. The van der Waals surface area contributed by atoms with E-state index in [-0.39, 0.29) is 5.91 Å². The second kappa shape index (κ2) is 5.38. The third kappa shape index (κ3) is 2.67. The van der Waals surface area contributed by atoms with Crippen molar-refractivity contribution in [3.05, 3.63) is 24.3 Å². The van der Waals surface area contributed by atoms with Crippen molar-refractivity contribution in [3.8, 4) is 11.4 Å². The maximum absolute atomic E-state index is 11.5. The van der Waals surface area contributed by atoms with Crippen LogP contribution in [0.1, 0.15) is 25.3 Å². The minimum atomic E-state index is -0.0805. The number of nitrogens with two attached hydrogens (primary N) is 1. The summed E-state index contributed by atoms with van der Waals surface area (Å²) in [7, 11) is 0. The number of carbonyl (C=O) groups excluding carboxylic acids is 1. The molecule has 0 saturated heterocycles. The van der Waals surface area contributed by atoms with Crippen molar-refractivity contribution in [3.63, 3.8) is 0 Å². The third-order valence-electron chi connectivity index (χ3n) is 3.18. The summed E-state index contributed by atoms with van der Waals surface area (Å²) < 4.78 is 1.86. The molecule has 1 heterocycles. The lowest BCUT2D eigenvalue weighted by molar-refractivity contribution is -0.116. The van der Waals surface area contributed by atoms with Crippen molar-refractivity contribution in [1.29, 1.82) is 0 Å². The molecule has 0 aliphatic heterocycles. The van der Waals surface area contributed by atoms with Crippen LogP contribution in [0.25, 0.3) is 11.4 Å². The Morgan fingerprint density at radius 1 is 1.35 bits per heavy atom. The van der Waals surface area contributed by atoms with Gasteiger partial charge >= 0.3 is 0 Å². The fourth-order valence-corrected chi connectivity index (χ4v) is 2.01. The summed E-state index contributed by atoms with van der Waals surface area (Å²) in [6.07, 6.45) is 2.58. The molecule has 0 spiro atoms. The van der Waals surface area contributed by atoms with Gasteiger partial charge in [0.05, 0.1) is 6.04 Å². The van der Waals surface area contributed by atoms with Gasteiger partial charge in [0, 0.05) is 24.2 Å². The molecule has 1 saturated carbocycles. The molecule has 0 bridgehead atoms. The maximum atomic E-state index is 11.5. The van der Waals surface area contributed by atoms with Crippen molar-refractivity contribution in [2.24, 2.45) is 5.73 Å².